The number of ketones is 1. The number of aromatic nitrogens is 2. The van der Waals surface area contributed by atoms with E-state index in [-0.39, 0.29) is 18.1 Å². The van der Waals surface area contributed by atoms with Gasteiger partial charge in [0.2, 0.25) is 0 Å². The number of aromatic amines is 1. The number of para-hydroxylation sites is 1. The summed E-state index contributed by atoms with van der Waals surface area (Å²) in [7, 11) is 0. The van der Waals surface area contributed by atoms with Crippen LogP contribution in [0.4, 0.5) is 4.39 Å². The van der Waals surface area contributed by atoms with E-state index in [2.05, 4.69) is 14.9 Å². The van der Waals surface area contributed by atoms with Gasteiger partial charge in [0.1, 0.15) is 5.82 Å². The van der Waals surface area contributed by atoms with Gasteiger partial charge in [-0.3, -0.25) is 14.7 Å². The zero-order valence-corrected chi connectivity index (χ0v) is 16.0. The third kappa shape index (κ3) is 4.76. The molecule has 0 aliphatic carbocycles. The first-order valence-electron chi connectivity index (χ1n) is 9.65. The van der Waals surface area contributed by atoms with Crippen LogP contribution >= 0.6 is 0 Å². The van der Waals surface area contributed by atoms with Gasteiger partial charge in [-0.1, -0.05) is 36.4 Å². The molecule has 5 heteroatoms. The van der Waals surface area contributed by atoms with Crippen molar-refractivity contribution in [2.24, 2.45) is 0 Å². The molecule has 2 aromatic heterocycles. The van der Waals surface area contributed by atoms with Gasteiger partial charge >= 0.3 is 0 Å². The highest BCUT2D eigenvalue weighted by atomic mass is 19.1. The third-order valence-corrected chi connectivity index (χ3v) is 4.99. The van der Waals surface area contributed by atoms with Gasteiger partial charge in [-0.05, 0) is 35.9 Å². The zero-order valence-electron chi connectivity index (χ0n) is 16.0. The van der Waals surface area contributed by atoms with Gasteiger partial charge in [0.05, 0.1) is 6.54 Å². The van der Waals surface area contributed by atoms with Crippen LogP contribution < -0.4 is 0 Å². The van der Waals surface area contributed by atoms with Crippen molar-refractivity contribution in [3.63, 3.8) is 0 Å². The van der Waals surface area contributed by atoms with Crippen LogP contribution in [-0.2, 0) is 13.0 Å². The Morgan fingerprint density at radius 2 is 1.79 bits per heavy atom. The molecule has 0 aliphatic rings. The largest absolute Gasteiger partial charge is 0.360 e. The summed E-state index contributed by atoms with van der Waals surface area (Å²) in [5.41, 5.74) is 3.60. The molecule has 0 atom stereocenters. The molecular formula is C24H22FN3O. The maximum atomic E-state index is 13.3. The van der Waals surface area contributed by atoms with Gasteiger partial charge in [0, 0.05) is 54.1 Å². The molecule has 0 unspecified atom stereocenters. The first-order chi connectivity index (χ1) is 14.2. The minimum absolute atomic E-state index is 0.0607. The Kier molecular flexibility index (Phi) is 5.77. The Labute approximate surface area is 169 Å². The number of Topliss-reactive ketones (excluding diaryl/α,β-unsaturated/α-hetero) is 1. The van der Waals surface area contributed by atoms with E-state index in [0.717, 1.165) is 28.6 Å². The predicted octanol–water partition coefficient (Wildman–Crippen LogP) is 4.63. The average molecular weight is 387 g/mol. The summed E-state index contributed by atoms with van der Waals surface area (Å²) < 4.78 is 13.3. The third-order valence-electron chi connectivity index (χ3n) is 4.99. The number of hydrogen-bond acceptors (Lipinski definition) is 3. The van der Waals surface area contributed by atoms with Crippen LogP contribution in [0.1, 0.15) is 21.6 Å². The van der Waals surface area contributed by atoms with Crippen molar-refractivity contribution in [1.82, 2.24) is 14.9 Å². The van der Waals surface area contributed by atoms with Crippen LogP contribution in [0.5, 0.6) is 0 Å². The second kappa shape index (κ2) is 8.80. The minimum Gasteiger partial charge on any atom is -0.360 e. The molecule has 0 aliphatic heterocycles. The summed E-state index contributed by atoms with van der Waals surface area (Å²) in [5.74, 6) is -0.200. The molecule has 2 heterocycles. The van der Waals surface area contributed by atoms with Crippen molar-refractivity contribution in [3.05, 3.63) is 102 Å². The number of H-pyrrole nitrogens is 1. The van der Waals surface area contributed by atoms with Crippen molar-refractivity contribution in [2.75, 3.05) is 13.1 Å². The van der Waals surface area contributed by atoms with Crippen molar-refractivity contribution in [1.29, 1.82) is 0 Å². The topological polar surface area (TPSA) is 49.0 Å². The summed E-state index contributed by atoms with van der Waals surface area (Å²) in [6.07, 6.45) is 4.29. The minimum atomic E-state index is -0.261. The second-order valence-corrected chi connectivity index (χ2v) is 7.08. The zero-order chi connectivity index (χ0) is 20.1. The Bertz CT molecular complexity index is 1090. The number of nitrogens with one attached hydrogen (secondary N) is 1. The predicted molar refractivity (Wildman–Crippen MR) is 112 cm³/mol. The van der Waals surface area contributed by atoms with Crippen molar-refractivity contribution in [2.45, 2.75) is 13.0 Å². The molecule has 146 valence electrons. The van der Waals surface area contributed by atoms with E-state index in [4.69, 9.17) is 0 Å². The number of carbonyl (C=O) groups excluding carboxylic acids is 1. The van der Waals surface area contributed by atoms with Crippen molar-refractivity contribution in [3.8, 4) is 0 Å². The summed E-state index contributed by atoms with van der Waals surface area (Å²) >= 11 is 0. The van der Waals surface area contributed by atoms with Gasteiger partial charge in [-0.25, -0.2) is 4.39 Å². The lowest BCUT2D eigenvalue weighted by atomic mass is 10.1. The lowest BCUT2D eigenvalue weighted by molar-refractivity contribution is 0.0928. The molecule has 4 aromatic rings. The van der Waals surface area contributed by atoms with Crippen LogP contribution in [-0.4, -0.2) is 33.7 Å². The standard InChI is InChI=1S/C24H22FN3O/c25-19-10-8-18(9-11-19)16-28(14-12-20-5-3-4-13-26-20)17-24(29)22-15-27-23-7-2-1-6-21(22)23/h1-11,13,15,27H,12,14,16-17H2. The molecule has 4 rings (SSSR count). The van der Waals surface area contributed by atoms with E-state index in [1.807, 2.05) is 42.5 Å². The van der Waals surface area contributed by atoms with Gasteiger partial charge in [0.15, 0.2) is 5.78 Å². The number of nitrogens with zero attached hydrogens (tertiary/aromatic N) is 2. The first-order valence-corrected chi connectivity index (χ1v) is 9.65. The molecule has 4 nitrogen and oxygen atoms in total. The fourth-order valence-corrected chi connectivity index (χ4v) is 3.47. The molecule has 0 saturated carbocycles. The monoisotopic (exact) mass is 387 g/mol. The van der Waals surface area contributed by atoms with Gasteiger partial charge in [0.25, 0.3) is 0 Å². The number of fused-ring (bicyclic) bond motifs is 1. The summed E-state index contributed by atoms with van der Waals surface area (Å²) in [5, 5.41) is 0.934. The van der Waals surface area contributed by atoms with Crippen LogP contribution in [0.15, 0.2) is 79.1 Å². The van der Waals surface area contributed by atoms with E-state index in [1.165, 1.54) is 12.1 Å². The average Bonchev–Trinajstić information content (AvgIpc) is 3.19. The number of rotatable bonds is 8. The molecule has 29 heavy (non-hydrogen) atoms. The Morgan fingerprint density at radius 3 is 2.59 bits per heavy atom. The molecular weight excluding hydrogens is 365 g/mol. The van der Waals surface area contributed by atoms with E-state index in [1.54, 1.807) is 24.5 Å². The second-order valence-electron chi connectivity index (χ2n) is 7.08. The summed E-state index contributed by atoms with van der Waals surface area (Å²) in [4.78, 5) is 22.7. The molecule has 0 bridgehead atoms. The molecule has 0 radical (unpaired) electrons. The maximum absolute atomic E-state index is 13.3. The fourth-order valence-electron chi connectivity index (χ4n) is 3.47. The van der Waals surface area contributed by atoms with Crippen LogP contribution in [0.2, 0.25) is 0 Å². The van der Waals surface area contributed by atoms with E-state index >= 15 is 0 Å². The highest BCUT2D eigenvalue weighted by Crippen LogP contribution is 2.19. The highest BCUT2D eigenvalue weighted by Gasteiger charge is 2.17. The molecule has 1 N–H and O–H groups in total. The molecule has 0 amide bonds. The van der Waals surface area contributed by atoms with Crippen LogP contribution in [0.25, 0.3) is 10.9 Å². The van der Waals surface area contributed by atoms with Crippen molar-refractivity contribution < 1.29 is 9.18 Å². The fraction of sp³-hybridized carbons (Fsp3) is 0.167. The Morgan fingerprint density at radius 1 is 1.00 bits per heavy atom. The van der Waals surface area contributed by atoms with E-state index < -0.39 is 0 Å². The molecule has 0 spiro atoms. The van der Waals surface area contributed by atoms with E-state index in [0.29, 0.717) is 18.7 Å². The van der Waals surface area contributed by atoms with Gasteiger partial charge in [-0.2, -0.15) is 0 Å². The molecule has 0 fully saturated rings. The Hall–Kier alpha value is -3.31. The number of hydrogen-bond donors (Lipinski definition) is 1. The van der Waals surface area contributed by atoms with Gasteiger partial charge in [-0.15, -0.1) is 0 Å². The smallest absolute Gasteiger partial charge is 0.178 e. The quantitative estimate of drug-likeness (QED) is 0.449. The van der Waals surface area contributed by atoms with E-state index in [9.17, 15) is 9.18 Å². The van der Waals surface area contributed by atoms with Crippen LogP contribution in [0, 0.1) is 5.82 Å². The van der Waals surface area contributed by atoms with Crippen molar-refractivity contribution >= 4 is 16.7 Å². The lowest BCUT2D eigenvalue weighted by Gasteiger charge is -2.21. The maximum Gasteiger partial charge on any atom is 0.178 e. The normalized spacial score (nSPS) is 11.2. The summed E-state index contributed by atoms with van der Waals surface area (Å²) in [6.45, 7) is 1.54. The van der Waals surface area contributed by atoms with Gasteiger partial charge < -0.3 is 4.98 Å². The lowest BCUT2D eigenvalue weighted by Crippen LogP contribution is -2.31. The first kappa shape index (κ1) is 19.0. The SMILES string of the molecule is O=C(CN(CCc1ccccn1)Cc1ccc(F)cc1)c1c[nH]c2ccccc12. The molecule has 0 saturated heterocycles. The Balaban J connectivity index is 1.51. The number of carbonyl (C=O) groups is 1. The number of halogens is 1. The summed E-state index contributed by atoms with van der Waals surface area (Å²) in [6, 6.07) is 20.1. The molecule has 2 aromatic carbocycles. The number of benzene rings is 2. The van der Waals surface area contributed by atoms with Crippen LogP contribution in [0.3, 0.4) is 0 Å². The highest BCUT2D eigenvalue weighted by molar-refractivity contribution is 6.08. The number of pyridine rings is 1.